The fourth-order valence-corrected chi connectivity index (χ4v) is 1.35. The lowest BCUT2D eigenvalue weighted by atomic mass is 10.3. The molecule has 0 saturated carbocycles. The van der Waals surface area contributed by atoms with Crippen LogP contribution in [0.1, 0.15) is 5.69 Å². The Kier molecular flexibility index (Phi) is 3.19. The van der Waals surface area contributed by atoms with Gasteiger partial charge in [0.25, 0.3) is 11.2 Å². The highest BCUT2D eigenvalue weighted by molar-refractivity contribution is 5.48. The fourth-order valence-electron chi connectivity index (χ4n) is 1.35. The average molecular weight is 265 g/mol. The van der Waals surface area contributed by atoms with Crippen LogP contribution in [0, 0.1) is 22.9 Å². The third-order valence-corrected chi connectivity index (χ3v) is 2.33. The van der Waals surface area contributed by atoms with Gasteiger partial charge in [-0.3, -0.25) is 20.0 Å². The summed E-state index contributed by atoms with van der Waals surface area (Å²) < 4.78 is 13.4. The highest BCUT2D eigenvalue weighted by Gasteiger charge is 2.11. The van der Waals surface area contributed by atoms with E-state index in [2.05, 4.69) is 20.4 Å². The van der Waals surface area contributed by atoms with E-state index in [1.807, 2.05) is 0 Å². The number of benzene rings is 1. The molecule has 98 valence electrons. The van der Waals surface area contributed by atoms with Gasteiger partial charge in [0.05, 0.1) is 10.6 Å². The number of aromatic amines is 2. The molecule has 9 heteroatoms. The summed E-state index contributed by atoms with van der Waals surface area (Å²) in [6.45, 7) is 1.58. The molecule has 2 aromatic rings. The van der Waals surface area contributed by atoms with E-state index in [0.717, 1.165) is 18.2 Å². The zero-order valence-electron chi connectivity index (χ0n) is 9.68. The molecular weight excluding hydrogens is 257 g/mol. The number of nitro benzene ring substituents is 1. The Bertz CT molecular complexity index is 718. The first kappa shape index (κ1) is 12.6. The van der Waals surface area contributed by atoms with Gasteiger partial charge in [0.2, 0.25) is 0 Å². The number of hydrogen-bond acceptors (Lipinski definition) is 5. The summed E-state index contributed by atoms with van der Waals surface area (Å²) in [5, 5.41) is 22.5. The molecule has 0 aliphatic carbocycles. The van der Waals surface area contributed by atoms with Crippen LogP contribution in [0.2, 0.25) is 0 Å². The Morgan fingerprint density at radius 2 is 2.05 bits per heavy atom. The summed E-state index contributed by atoms with van der Waals surface area (Å²) in [5.74, 6) is -0.765. The van der Waals surface area contributed by atoms with E-state index < -0.39 is 16.3 Å². The minimum Gasteiger partial charge on any atom is -0.300 e. The van der Waals surface area contributed by atoms with Crippen molar-refractivity contribution in [1.82, 2.24) is 10.2 Å². The number of azo groups is 1. The van der Waals surface area contributed by atoms with Crippen LogP contribution in [0.15, 0.2) is 33.2 Å². The summed E-state index contributed by atoms with van der Waals surface area (Å²) in [6.07, 6.45) is 0. The normalized spacial score (nSPS) is 11.1. The van der Waals surface area contributed by atoms with Crippen LogP contribution >= 0.6 is 0 Å². The van der Waals surface area contributed by atoms with E-state index in [1.165, 1.54) is 0 Å². The topological polar surface area (TPSA) is 117 Å². The van der Waals surface area contributed by atoms with Crippen molar-refractivity contribution in [2.24, 2.45) is 10.2 Å². The molecule has 1 aromatic carbocycles. The molecule has 1 aromatic heterocycles. The number of H-pyrrole nitrogens is 2. The van der Waals surface area contributed by atoms with Crippen molar-refractivity contribution < 1.29 is 9.31 Å². The minimum absolute atomic E-state index is 0.00842. The Hall–Kier alpha value is -2.84. The molecule has 0 radical (unpaired) electrons. The van der Waals surface area contributed by atoms with Crippen LogP contribution in [0.4, 0.5) is 21.5 Å². The van der Waals surface area contributed by atoms with E-state index in [-0.39, 0.29) is 17.1 Å². The Balaban J connectivity index is 2.41. The molecule has 0 saturated heterocycles. The smallest absolute Gasteiger partial charge is 0.291 e. The van der Waals surface area contributed by atoms with Crippen LogP contribution in [0.5, 0.6) is 0 Å². The van der Waals surface area contributed by atoms with Gasteiger partial charge in [-0.2, -0.15) is 0 Å². The maximum atomic E-state index is 13.4. The summed E-state index contributed by atoms with van der Waals surface area (Å²) in [4.78, 5) is 21.2. The standard InChI is InChI=1S/C10H8FN5O3/c1-5-9(10(17)15-12-5)14-13-8-4-6(16(18)19)2-3-7(8)11/h2-4H,1H3,(H2,12,15,17). The molecule has 1 heterocycles. The molecule has 0 atom stereocenters. The van der Waals surface area contributed by atoms with Crippen LogP contribution < -0.4 is 5.56 Å². The molecule has 2 N–H and O–H groups in total. The summed E-state index contributed by atoms with van der Waals surface area (Å²) >= 11 is 0. The largest absolute Gasteiger partial charge is 0.300 e. The van der Waals surface area contributed by atoms with Gasteiger partial charge in [0.15, 0.2) is 11.5 Å². The number of rotatable bonds is 3. The SMILES string of the molecule is Cc1[nH][nH]c(=O)c1N=Nc1cc([N+](=O)[O-])ccc1F. The van der Waals surface area contributed by atoms with Gasteiger partial charge in [0, 0.05) is 12.1 Å². The van der Waals surface area contributed by atoms with Gasteiger partial charge >= 0.3 is 0 Å². The first-order chi connectivity index (χ1) is 8.99. The van der Waals surface area contributed by atoms with Gasteiger partial charge in [-0.1, -0.05) is 0 Å². The van der Waals surface area contributed by atoms with E-state index in [1.54, 1.807) is 6.92 Å². The number of nitro groups is 1. The highest BCUT2D eigenvalue weighted by atomic mass is 19.1. The van der Waals surface area contributed by atoms with Crippen molar-refractivity contribution in [3.8, 4) is 0 Å². The van der Waals surface area contributed by atoms with Gasteiger partial charge in [-0.25, -0.2) is 4.39 Å². The summed E-state index contributed by atoms with van der Waals surface area (Å²) in [5.41, 5.74) is -0.707. The molecule has 19 heavy (non-hydrogen) atoms. The van der Waals surface area contributed by atoms with Gasteiger partial charge in [-0.15, -0.1) is 10.2 Å². The van der Waals surface area contributed by atoms with E-state index in [0.29, 0.717) is 5.69 Å². The van der Waals surface area contributed by atoms with Gasteiger partial charge in [-0.05, 0) is 13.0 Å². The Morgan fingerprint density at radius 3 is 2.63 bits per heavy atom. The molecule has 0 amide bonds. The second-order valence-corrected chi connectivity index (χ2v) is 3.65. The molecule has 0 fully saturated rings. The molecule has 0 aliphatic heterocycles. The van der Waals surface area contributed by atoms with E-state index in [4.69, 9.17) is 0 Å². The molecule has 2 rings (SSSR count). The monoisotopic (exact) mass is 265 g/mol. The third-order valence-electron chi connectivity index (χ3n) is 2.33. The number of aryl methyl sites for hydroxylation is 1. The number of nitrogens with zero attached hydrogens (tertiary/aromatic N) is 3. The quantitative estimate of drug-likeness (QED) is 0.504. The molecular formula is C10H8FN5O3. The van der Waals surface area contributed by atoms with E-state index >= 15 is 0 Å². The molecule has 0 spiro atoms. The second kappa shape index (κ2) is 4.80. The first-order valence-electron chi connectivity index (χ1n) is 5.12. The van der Waals surface area contributed by atoms with Crippen LogP contribution in [-0.2, 0) is 0 Å². The van der Waals surface area contributed by atoms with Crippen molar-refractivity contribution in [2.45, 2.75) is 6.92 Å². The number of halogens is 1. The second-order valence-electron chi connectivity index (χ2n) is 3.65. The lowest BCUT2D eigenvalue weighted by molar-refractivity contribution is -0.384. The molecule has 8 nitrogen and oxygen atoms in total. The third kappa shape index (κ3) is 2.54. The fraction of sp³-hybridized carbons (Fsp3) is 0.100. The van der Waals surface area contributed by atoms with Crippen molar-refractivity contribution in [1.29, 1.82) is 0 Å². The van der Waals surface area contributed by atoms with Gasteiger partial charge < -0.3 is 5.10 Å². The zero-order chi connectivity index (χ0) is 14.0. The Labute approximate surface area is 105 Å². The average Bonchev–Trinajstić information content (AvgIpc) is 2.68. The Morgan fingerprint density at radius 1 is 1.32 bits per heavy atom. The lowest BCUT2D eigenvalue weighted by Crippen LogP contribution is -1.96. The van der Waals surface area contributed by atoms with Crippen molar-refractivity contribution in [3.63, 3.8) is 0 Å². The number of hydrogen-bond donors (Lipinski definition) is 2. The first-order valence-corrected chi connectivity index (χ1v) is 5.12. The predicted octanol–water partition coefficient (Wildman–Crippen LogP) is 2.47. The number of nitrogens with one attached hydrogen (secondary N) is 2. The molecule has 0 unspecified atom stereocenters. The minimum atomic E-state index is -0.765. The van der Waals surface area contributed by atoms with Crippen LogP contribution in [0.3, 0.4) is 0 Å². The summed E-state index contributed by atoms with van der Waals surface area (Å²) in [6, 6.07) is 2.87. The maximum Gasteiger partial charge on any atom is 0.291 e. The lowest BCUT2D eigenvalue weighted by Gasteiger charge is -1.95. The van der Waals surface area contributed by atoms with Gasteiger partial charge in [0.1, 0.15) is 5.69 Å². The number of aromatic nitrogens is 2. The molecule has 0 bridgehead atoms. The highest BCUT2D eigenvalue weighted by Crippen LogP contribution is 2.25. The van der Waals surface area contributed by atoms with Crippen molar-refractivity contribution in [2.75, 3.05) is 0 Å². The van der Waals surface area contributed by atoms with Crippen molar-refractivity contribution >= 4 is 17.1 Å². The maximum absolute atomic E-state index is 13.4. The summed E-state index contributed by atoms with van der Waals surface area (Å²) in [7, 11) is 0. The molecule has 0 aliphatic rings. The van der Waals surface area contributed by atoms with Crippen LogP contribution in [-0.4, -0.2) is 15.1 Å². The zero-order valence-corrected chi connectivity index (χ0v) is 9.68. The number of non-ortho nitro benzene ring substituents is 1. The predicted molar refractivity (Wildman–Crippen MR) is 63.4 cm³/mol. The van der Waals surface area contributed by atoms with E-state index in [9.17, 15) is 19.3 Å². The van der Waals surface area contributed by atoms with Crippen LogP contribution in [0.25, 0.3) is 0 Å². The van der Waals surface area contributed by atoms with Crippen molar-refractivity contribution in [3.05, 3.63) is 50.2 Å².